The summed E-state index contributed by atoms with van der Waals surface area (Å²) in [6.45, 7) is 2.19. The number of carbonyl (C=O) groups excluding carboxylic acids is 2. The van der Waals surface area contributed by atoms with Crippen LogP contribution in [-0.4, -0.2) is 50.0 Å². The van der Waals surface area contributed by atoms with E-state index in [1.807, 2.05) is 13.0 Å². The first-order valence-corrected chi connectivity index (χ1v) is 15.8. The molecule has 3 rings (SSSR count). The minimum Gasteiger partial charge on any atom is -0.352 e. The highest BCUT2D eigenvalue weighted by molar-refractivity contribution is 7.92. The first kappa shape index (κ1) is 30.3. The number of halogens is 2. The van der Waals surface area contributed by atoms with E-state index in [2.05, 4.69) is 5.32 Å². The van der Waals surface area contributed by atoms with Gasteiger partial charge >= 0.3 is 0 Å². The normalized spacial score (nSPS) is 15.1. The predicted molar refractivity (Wildman–Crippen MR) is 154 cm³/mol. The van der Waals surface area contributed by atoms with E-state index in [1.54, 1.807) is 47.4 Å². The van der Waals surface area contributed by atoms with Gasteiger partial charge in [0.25, 0.3) is 0 Å². The van der Waals surface area contributed by atoms with Crippen LogP contribution in [-0.2, 0) is 26.2 Å². The molecule has 0 aromatic heterocycles. The quantitative estimate of drug-likeness (QED) is 0.343. The monoisotopic (exact) mass is 581 g/mol. The molecule has 10 heteroatoms. The van der Waals surface area contributed by atoms with Gasteiger partial charge in [-0.15, -0.1) is 0 Å². The van der Waals surface area contributed by atoms with E-state index in [0.29, 0.717) is 34.1 Å². The molecule has 2 amide bonds. The van der Waals surface area contributed by atoms with Crippen LogP contribution < -0.4 is 9.62 Å². The maximum Gasteiger partial charge on any atom is 0.243 e. The number of anilines is 1. The van der Waals surface area contributed by atoms with E-state index in [4.69, 9.17) is 23.2 Å². The van der Waals surface area contributed by atoms with Crippen LogP contribution in [0.2, 0.25) is 10.0 Å². The second kappa shape index (κ2) is 14.2. The summed E-state index contributed by atoms with van der Waals surface area (Å²) in [5, 5.41) is 4.06. The fourth-order valence-electron chi connectivity index (χ4n) is 4.90. The van der Waals surface area contributed by atoms with Crippen molar-refractivity contribution in [1.82, 2.24) is 10.2 Å². The number of nitrogens with zero attached hydrogens (tertiary/aromatic N) is 2. The number of nitrogens with one attached hydrogen (secondary N) is 1. The van der Waals surface area contributed by atoms with Gasteiger partial charge in [-0.05, 0) is 55.5 Å². The topological polar surface area (TPSA) is 86.8 Å². The molecular weight excluding hydrogens is 545 g/mol. The third kappa shape index (κ3) is 8.61. The molecule has 2 aromatic rings. The Balaban J connectivity index is 1.77. The summed E-state index contributed by atoms with van der Waals surface area (Å²) in [5.74, 6) is -0.400. The van der Waals surface area contributed by atoms with E-state index in [9.17, 15) is 18.0 Å². The first-order chi connectivity index (χ1) is 18.1. The number of benzene rings is 2. The van der Waals surface area contributed by atoms with Crippen molar-refractivity contribution in [3.05, 3.63) is 64.1 Å². The van der Waals surface area contributed by atoms with Gasteiger partial charge in [0.2, 0.25) is 21.8 Å². The molecule has 2 aromatic carbocycles. The van der Waals surface area contributed by atoms with Crippen LogP contribution in [0.1, 0.15) is 63.9 Å². The van der Waals surface area contributed by atoms with Crippen molar-refractivity contribution < 1.29 is 18.0 Å². The van der Waals surface area contributed by atoms with Gasteiger partial charge in [-0.3, -0.25) is 13.9 Å². The largest absolute Gasteiger partial charge is 0.352 e. The zero-order valence-electron chi connectivity index (χ0n) is 22.0. The lowest BCUT2D eigenvalue weighted by Gasteiger charge is -2.33. The van der Waals surface area contributed by atoms with E-state index in [0.717, 1.165) is 31.9 Å². The highest BCUT2D eigenvalue weighted by Crippen LogP contribution is 2.25. The number of sulfonamides is 1. The van der Waals surface area contributed by atoms with E-state index in [1.165, 1.54) is 10.7 Å². The third-order valence-corrected chi connectivity index (χ3v) is 8.67. The van der Waals surface area contributed by atoms with Gasteiger partial charge in [-0.1, -0.05) is 73.7 Å². The molecule has 208 valence electrons. The van der Waals surface area contributed by atoms with Crippen molar-refractivity contribution in [3.8, 4) is 0 Å². The van der Waals surface area contributed by atoms with Crippen LogP contribution in [0.3, 0.4) is 0 Å². The van der Waals surface area contributed by atoms with Gasteiger partial charge in [-0.2, -0.15) is 0 Å². The number of hydrogen-bond donors (Lipinski definition) is 1. The van der Waals surface area contributed by atoms with Crippen molar-refractivity contribution >= 4 is 50.7 Å². The lowest BCUT2D eigenvalue weighted by molar-refractivity contribution is -0.141. The van der Waals surface area contributed by atoms with Gasteiger partial charge in [0.15, 0.2) is 0 Å². The van der Waals surface area contributed by atoms with Gasteiger partial charge in [0.05, 0.1) is 11.9 Å². The van der Waals surface area contributed by atoms with Gasteiger partial charge in [0.1, 0.15) is 6.04 Å². The maximum absolute atomic E-state index is 13.6. The lowest BCUT2D eigenvalue weighted by Crippen LogP contribution is -2.51. The molecule has 1 N–H and O–H groups in total. The summed E-state index contributed by atoms with van der Waals surface area (Å²) in [6, 6.07) is 13.3. The molecule has 1 fully saturated rings. The van der Waals surface area contributed by atoms with Gasteiger partial charge in [-0.25, -0.2) is 8.42 Å². The standard InChI is InChI=1S/C28H37Cl2N3O4S/c1-3-26(28(35)31-23-11-6-4-7-12-23)32(20-21-16-17-22(29)19-25(21)30)27(34)15-10-18-33(38(2,36)37)24-13-8-5-9-14-24/h5,8-9,13-14,16-17,19,23,26H,3-4,6-7,10-12,15,18,20H2,1-2H3,(H,31,35). The summed E-state index contributed by atoms with van der Waals surface area (Å²) >= 11 is 12.5. The summed E-state index contributed by atoms with van der Waals surface area (Å²) in [4.78, 5) is 28.5. The Kier molecular flexibility index (Phi) is 11.3. The first-order valence-electron chi connectivity index (χ1n) is 13.2. The summed E-state index contributed by atoms with van der Waals surface area (Å²) in [6.07, 6.45) is 7.21. The molecule has 1 aliphatic carbocycles. The molecule has 0 saturated heterocycles. The van der Waals surface area contributed by atoms with Gasteiger partial charge < -0.3 is 10.2 Å². The molecule has 0 bridgehead atoms. The Labute approximate surface area is 236 Å². The van der Waals surface area contributed by atoms with Crippen molar-refractivity contribution in [2.45, 2.75) is 76.9 Å². The zero-order valence-corrected chi connectivity index (χ0v) is 24.4. The van der Waals surface area contributed by atoms with Crippen LogP contribution in [0.15, 0.2) is 48.5 Å². The van der Waals surface area contributed by atoms with E-state index >= 15 is 0 Å². The van der Waals surface area contributed by atoms with Crippen LogP contribution in [0.25, 0.3) is 0 Å². The lowest BCUT2D eigenvalue weighted by atomic mass is 9.95. The van der Waals surface area contributed by atoms with Crippen molar-refractivity contribution in [2.24, 2.45) is 0 Å². The third-order valence-electron chi connectivity index (χ3n) is 6.89. The highest BCUT2D eigenvalue weighted by Gasteiger charge is 2.31. The molecule has 1 saturated carbocycles. The molecule has 1 atom stereocenters. The van der Waals surface area contributed by atoms with Crippen molar-refractivity contribution in [2.75, 3.05) is 17.1 Å². The number of amides is 2. The summed E-state index contributed by atoms with van der Waals surface area (Å²) in [5.41, 5.74) is 1.24. The molecule has 0 radical (unpaired) electrons. The second-order valence-electron chi connectivity index (χ2n) is 9.80. The number of rotatable bonds is 12. The molecule has 0 spiro atoms. The summed E-state index contributed by atoms with van der Waals surface area (Å²) < 4.78 is 26.2. The Bertz CT molecular complexity index is 1190. The summed E-state index contributed by atoms with van der Waals surface area (Å²) in [7, 11) is -3.53. The van der Waals surface area contributed by atoms with Crippen LogP contribution in [0.4, 0.5) is 5.69 Å². The SMILES string of the molecule is CCC(C(=O)NC1CCCCC1)N(Cc1ccc(Cl)cc1Cl)C(=O)CCCN(c1ccccc1)S(C)(=O)=O. The molecule has 1 aliphatic rings. The Morgan fingerprint density at radius 1 is 1.05 bits per heavy atom. The Morgan fingerprint density at radius 2 is 1.74 bits per heavy atom. The molecule has 7 nitrogen and oxygen atoms in total. The van der Waals surface area contributed by atoms with Crippen LogP contribution >= 0.6 is 23.2 Å². The minimum atomic E-state index is -3.53. The van der Waals surface area contributed by atoms with Crippen LogP contribution in [0, 0.1) is 0 Å². The average molecular weight is 583 g/mol. The molecular formula is C28H37Cl2N3O4S. The fraction of sp³-hybridized carbons (Fsp3) is 0.500. The fourth-order valence-corrected chi connectivity index (χ4v) is 6.33. The van der Waals surface area contributed by atoms with Crippen LogP contribution in [0.5, 0.6) is 0 Å². The number of carbonyl (C=O) groups is 2. The second-order valence-corrected chi connectivity index (χ2v) is 12.5. The Hall–Kier alpha value is -2.29. The van der Waals surface area contributed by atoms with E-state index in [-0.39, 0.29) is 37.4 Å². The van der Waals surface area contributed by atoms with Gasteiger partial charge in [0, 0.05) is 35.6 Å². The molecule has 0 heterocycles. The highest BCUT2D eigenvalue weighted by atomic mass is 35.5. The number of hydrogen-bond acceptors (Lipinski definition) is 4. The molecule has 0 aliphatic heterocycles. The minimum absolute atomic E-state index is 0.0806. The molecule has 38 heavy (non-hydrogen) atoms. The van der Waals surface area contributed by atoms with Crippen molar-refractivity contribution in [1.29, 1.82) is 0 Å². The smallest absolute Gasteiger partial charge is 0.243 e. The average Bonchev–Trinajstić information content (AvgIpc) is 2.88. The number of para-hydroxylation sites is 1. The maximum atomic E-state index is 13.6. The Morgan fingerprint density at radius 3 is 2.34 bits per heavy atom. The molecule has 1 unspecified atom stereocenters. The van der Waals surface area contributed by atoms with E-state index < -0.39 is 16.1 Å². The zero-order chi connectivity index (χ0) is 27.7. The predicted octanol–water partition coefficient (Wildman–Crippen LogP) is 5.80. The van der Waals surface area contributed by atoms with Crippen molar-refractivity contribution in [3.63, 3.8) is 0 Å².